The van der Waals surface area contributed by atoms with Crippen molar-refractivity contribution in [1.29, 1.82) is 0 Å². The van der Waals surface area contributed by atoms with Crippen LogP contribution >= 0.6 is 0 Å². The molecule has 2 aromatic carbocycles. The Morgan fingerprint density at radius 3 is 2.88 bits per heavy atom. The molecule has 8 heteroatoms. The summed E-state index contributed by atoms with van der Waals surface area (Å²) in [6.07, 6.45) is 1.17. The number of nitrogens with zero attached hydrogens (tertiary/aromatic N) is 1. The van der Waals surface area contributed by atoms with Gasteiger partial charge in [0.25, 0.3) is 11.6 Å². The lowest BCUT2D eigenvalue weighted by Gasteiger charge is -2.12. The number of ether oxygens (including phenoxy) is 1. The quantitative estimate of drug-likeness (QED) is 0.608. The van der Waals surface area contributed by atoms with E-state index in [0.717, 1.165) is 24.1 Å². The Labute approximate surface area is 149 Å². The van der Waals surface area contributed by atoms with E-state index in [1.165, 1.54) is 6.07 Å². The van der Waals surface area contributed by atoms with Crippen LogP contribution in [0.3, 0.4) is 0 Å². The van der Waals surface area contributed by atoms with Crippen LogP contribution in [0.15, 0.2) is 42.5 Å². The lowest BCUT2D eigenvalue weighted by Crippen LogP contribution is -2.26. The Morgan fingerprint density at radius 1 is 1.31 bits per heavy atom. The molecule has 1 saturated heterocycles. The maximum atomic E-state index is 13.2. The summed E-state index contributed by atoms with van der Waals surface area (Å²) in [5.41, 5.74) is 1.34. The number of nitro benzene ring substituents is 1. The summed E-state index contributed by atoms with van der Waals surface area (Å²) in [5, 5.41) is 16.8. The molecule has 0 aromatic heterocycles. The highest BCUT2D eigenvalue weighted by molar-refractivity contribution is 5.94. The normalized spacial score (nSPS) is 16.3. The van der Waals surface area contributed by atoms with Gasteiger partial charge >= 0.3 is 0 Å². The van der Waals surface area contributed by atoms with Crippen molar-refractivity contribution in [2.24, 2.45) is 0 Å². The van der Waals surface area contributed by atoms with Gasteiger partial charge in [-0.25, -0.2) is 4.39 Å². The first kappa shape index (κ1) is 17.8. The predicted molar refractivity (Wildman–Crippen MR) is 94.4 cm³/mol. The monoisotopic (exact) mass is 359 g/mol. The van der Waals surface area contributed by atoms with Gasteiger partial charge in [0.15, 0.2) is 0 Å². The molecule has 1 fully saturated rings. The van der Waals surface area contributed by atoms with Crippen molar-refractivity contribution >= 4 is 23.0 Å². The van der Waals surface area contributed by atoms with Crippen LogP contribution in [0.2, 0.25) is 0 Å². The molecular weight excluding hydrogens is 341 g/mol. The summed E-state index contributed by atoms with van der Waals surface area (Å²) in [4.78, 5) is 22.5. The van der Waals surface area contributed by atoms with Crippen LogP contribution in [0.1, 0.15) is 18.4 Å². The third kappa shape index (κ3) is 4.34. The lowest BCUT2D eigenvalue weighted by atomic mass is 10.1. The molecular formula is C18H18FN3O4. The third-order valence-corrected chi connectivity index (χ3v) is 4.06. The van der Waals surface area contributed by atoms with Gasteiger partial charge in [-0.3, -0.25) is 14.9 Å². The SMILES string of the molecule is O=C(Nc1cccc(CNc2ccc(F)cc2[N+](=O)[O-])c1)C1CCCO1. The van der Waals surface area contributed by atoms with Gasteiger partial charge in [0, 0.05) is 18.8 Å². The fourth-order valence-corrected chi connectivity index (χ4v) is 2.77. The number of hydrogen-bond acceptors (Lipinski definition) is 5. The van der Waals surface area contributed by atoms with Crippen LogP contribution in [0.4, 0.5) is 21.5 Å². The van der Waals surface area contributed by atoms with Gasteiger partial charge in [-0.15, -0.1) is 0 Å². The maximum absolute atomic E-state index is 13.2. The van der Waals surface area contributed by atoms with Crippen molar-refractivity contribution in [1.82, 2.24) is 0 Å². The standard InChI is InChI=1S/C18H18FN3O4/c19-13-6-7-15(16(10-13)22(24)25)20-11-12-3-1-4-14(9-12)21-18(23)17-5-2-8-26-17/h1,3-4,6-7,9-10,17,20H,2,5,8,11H2,(H,21,23). The molecule has 2 aromatic rings. The van der Waals surface area contributed by atoms with Gasteiger partial charge in [0.05, 0.1) is 11.0 Å². The van der Waals surface area contributed by atoms with Crippen LogP contribution < -0.4 is 10.6 Å². The fraction of sp³-hybridized carbons (Fsp3) is 0.278. The van der Waals surface area contributed by atoms with Crippen LogP contribution in [0.5, 0.6) is 0 Å². The van der Waals surface area contributed by atoms with Crippen LogP contribution in [-0.2, 0) is 16.1 Å². The van der Waals surface area contributed by atoms with Crippen molar-refractivity contribution in [3.63, 3.8) is 0 Å². The molecule has 0 radical (unpaired) electrons. The number of amides is 1. The second-order valence-corrected chi connectivity index (χ2v) is 5.96. The second kappa shape index (κ2) is 7.92. The first-order valence-electron chi connectivity index (χ1n) is 8.22. The van der Waals surface area contributed by atoms with Crippen LogP contribution in [-0.4, -0.2) is 23.5 Å². The van der Waals surface area contributed by atoms with E-state index in [9.17, 15) is 19.3 Å². The molecule has 3 rings (SSSR count). The van der Waals surface area contributed by atoms with E-state index in [1.54, 1.807) is 18.2 Å². The first-order valence-corrected chi connectivity index (χ1v) is 8.22. The zero-order valence-electron chi connectivity index (χ0n) is 13.9. The van der Waals surface area contributed by atoms with E-state index in [2.05, 4.69) is 10.6 Å². The van der Waals surface area contributed by atoms with E-state index in [1.807, 2.05) is 6.07 Å². The third-order valence-electron chi connectivity index (χ3n) is 4.06. The molecule has 1 amide bonds. The molecule has 1 atom stereocenters. The molecule has 7 nitrogen and oxygen atoms in total. The van der Waals surface area contributed by atoms with Gasteiger partial charge in [0.1, 0.15) is 17.6 Å². The number of carbonyl (C=O) groups excluding carboxylic acids is 1. The molecule has 1 aliphatic rings. The van der Waals surface area contributed by atoms with E-state index >= 15 is 0 Å². The fourth-order valence-electron chi connectivity index (χ4n) is 2.77. The smallest absolute Gasteiger partial charge is 0.295 e. The summed E-state index contributed by atoms with van der Waals surface area (Å²) in [7, 11) is 0. The van der Waals surface area contributed by atoms with Crippen molar-refractivity contribution in [3.05, 3.63) is 64.0 Å². The molecule has 1 unspecified atom stereocenters. The van der Waals surface area contributed by atoms with Crippen LogP contribution in [0, 0.1) is 15.9 Å². The molecule has 2 N–H and O–H groups in total. The van der Waals surface area contributed by atoms with Crippen molar-refractivity contribution < 1.29 is 18.8 Å². The molecule has 1 heterocycles. The first-order chi connectivity index (χ1) is 12.5. The zero-order chi connectivity index (χ0) is 18.5. The second-order valence-electron chi connectivity index (χ2n) is 5.96. The van der Waals surface area contributed by atoms with E-state index < -0.39 is 16.8 Å². The summed E-state index contributed by atoms with van der Waals surface area (Å²) >= 11 is 0. The number of rotatable bonds is 6. The van der Waals surface area contributed by atoms with Gasteiger partial charge in [-0.2, -0.15) is 0 Å². The number of carbonyl (C=O) groups is 1. The Bertz CT molecular complexity index is 822. The average Bonchev–Trinajstić information content (AvgIpc) is 3.15. The zero-order valence-corrected chi connectivity index (χ0v) is 13.9. The number of hydrogen-bond donors (Lipinski definition) is 2. The highest BCUT2D eigenvalue weighted by atomic mass is 19.1. The number of nitrogens with one attached hydrogen (secondary N) is 2. The maximum Gasteiger partial charge on any atom is 0.295 e. The Balaban J connectivity index is 1.66. The van der Waals surface area contributed by atoms with Crippen molar-refractivity contribution in [3.8, 4) is 0 Å². The average molecular weight is 359 g/mol. The Hall–Kier alpha value is -3.00. The topological polar surface area (TPSA) is 93.5 Å². The van der Waals surface area contributed by atoms with Crippen LogP contribution in [0.25, 0.3) is 0 Å². The summed E-state index contributed by atoms with van der Waals surface area (Å²) < 4.78 is 18.5. The molecule has 0 spiro atoms. The molecule has 0 aliphatic carbocycles. The number of benzene rings is 2. The Morgan fingerprint density at radius 2 is 2.15 bits per heavy atom. The minimum Gasteiger partial charge on any atom is -0.375 e. The number of nitro groups is 1. The highest BCUT2D eigenvalue weighted by Crippen LogP contribution is 2.26. The summed E-state index contributed by atoms with van der Waals surface area (Å²) in [5.74, 6) is -0.845. The Kier molecular flexibility index (Phi) is 5.43. The lowest BCUT2D eigenvalue weighted by molar-refractivity contribution is -0.384. The molecule has 0 bridgehead atoms. The summed E-state index contributed by atoms with van der Waals surface area (Å²) in [6, 6.07) is 10.5. The van der Waals surface area contributed by atoms with Gasteiger partial charge in [-0.1, -0.05) is 12.1 Å². The molecule has 1 aliphatic heterocycles. The number of halogens is 1. The van der Waals surface area contributed by atoms with Gasteiger partial charge in [0.2, 0.25) is 0 Å². The van der Waals surface area contributed by atoms with Crippen molar-refractivity contribution in [2.45, 2.75) is 25.5 Å². The van der Waals surface area contributed by atoms with Crippen molar-refractivity contribution in [2.75, 3.05) is 17.2 Å². The van der Waals surface area contributed by atoms with E-state index in [4.69, 9.17) is 4.74 Å². The predicted octanol–water partition coefficient (Wildman–Crippen LogP) is 3.46. The largest absolute Gasteiger partial charge is 0.375 e. The van der Waals surface area contributed by atoms with Gasteiger partial charge < -0.3 is 15.4 Å². The van der Waals surface area contributed by atoms with E-state index in [-0.39, 0.29) is 23.8 Å². The highest BCUT2D eigenvalue weighted by Gasteiger charge is 2.23. The van der Waals surface area contributed by atoms with Gasteiger partial charge in [-0.05, 0) is 42.7 Å². The molecule has 26 heavy (non-hydrogen) atoms. The molecule has 136 valence electrons. The molecule has 0 saturated carbocycles. The summed E-state index contributed by atoms with van der Waals surface area (Å²) in [6.45, 7) is 0.884. The van der Waals surface area contributed by atoms with E-state index in [0.29, 0.717) is 18.7 Å². The number of anilines is 2. The minimum atomic E-state index is -0.666. The minimum absolute atomic E-state index is 0.179.